The van der Waals surface area contributed by atoms with E-state index in [0.29, 0.717) is 11.5 Å². The van der Waals surface area contributed by atoms with E-state index in [4.69, 9.17) is 16.0 Å². The lowest BCUT2D eigenvalue weighted by atomic mass is 10.0. The van der Waals surface area contributed by atoms with Crippen molar-refractivity contribution in [3.8, 4) is 0 Å². The second-order valence-electron chi connectivity index (χ2n) is 3.84. The summed E-state index contributed by atoms with van der Waals surface area (Å²) >= 11 is 5.71. The zero-order valence-electron chi connectivity index (χ0n) is 9.21. The highest BCUT2D eigenvalue weighted by Crippen LogP contribution is 2.17. The lowest BCUT2D eigenvalue weighted by Crippen LogP contribution is -2.37. The van der Waals surface area contributed by atoms with Gasteiger partial charge in [-0.1, -0.05) is 20.8 Å². The first-order valence-electron chi connectivity index (χ1n) is 5.10. The summed E-state index contributed by atoms with van der Waals surface area (Å²) in [6.07, 6.45) is 2.31. The normalized spacial score (nSPS) is 12.9. The molecule has 4 heteroatoms. The fraction of sp³-hybridized carbons (Fsp3) is 0.545. The molecule has 0 aliphatic heterocycles. The van der Waals surface area contributed by atoms with Gasteiger partial charge in [0, 0.05) is 6.04 Å². The van der Waals surface area contributed by atoms with Crippen LogP contribution in [0.25, 0.3) is 0 Å². The zero-order chi connectivity index (χ0) is 11.4. The number of hydrogen-bond acceptors (Lipinski definition) is 2. The van der Waals surface area contributed by atoms with Crippen LogP contribution >= 0.6 is 11.6 Å². The van der Waals surface area contributed by atoms with Crippen LogP contribution < -0.4 is 5.32 Å². The Bertz CT molecular complexity index is 333. The molecule has 0 spiro atoms. The third-order valence-corrected chi connectivity index (χ3v) is 2.72. The van der Waals surface area contributed by atoms with E-state index in [2.05, 4.69) is 19.2 Å². The van der Waals surface area contributed by atoms with Crippen LogP contribution in [-0.4, -0.2) is 11.9 Å². The second-order valence-corrected chi connectivity index (χ2v) is 4.18. The van der Waals surface area contributed by atoms with Crippen molar-refractivity contribution in [3.63, 3.8) is 0 Å². The van der Waals surface area contributed by atoms with Crippen LogP contribution in [0.3, 0.4) is 0 Å². The molecule has 1 N–H and O–H groups in total. The molecule has 0 fully saturated rings. The maximum atomic E-state index is 11.7. The minimum atomic E-state index is -0.172. The maximum absolute atomic E-state index is 11.7. The number of amides is 1. The van der Waals surface area contributed by atoms with E-state index < -0.39 is 0 Å². The maximum Gasteiger partial charge on any atom is 0.256 e. The standard InChI is InChI=1S/C11H16ClNO2/c1-4-9(7(2)3)13-11(14)8-5-6-15-10(8)12/h5-7,9H,4H2,1-3H3,(H,13,14). The molecule has 1 unspecified atom stereocenters. The van der Waals surface area contributed by atoms with Crippen molar-refractivity contribution in [2.24, 2.45) is 5.92 Å². The molecule has 1 rings (SSSR count). The molecule has 1 amide bonds. The van der Waals surface area contributed by atoms with Gasteiger partial charge < -0.3 is 9.73 Å². The molecule has 1 atom stereocenters. The van der Waals surface area contributed by atoms with Crippen LogP contribution in [0, 0.1) is 5.92 Å². The second kappa shape index (κ2) is 5.21. The summed E-state index contributed by atoms with van der Waals surface area (Å²) < 4.78 is 4.87. The third kappa shape index (κ3) is 2.99. The molecule has 0 aliphatic rings. The predicted octanol–water partition coefficient (Wildman–Crippen LogP) is 3.10. The molecule has 0 radical (unpaired) electrons. The number of hydrogen-bond donors (Lipinski definition) is 1. The first-order chi connectivity index (χ1) is 7.06. The van der Waals surface area contributed by atoms with Crippen LogP contribution in [0.4, 0.5) is 0 Å². The molecule has 15 heavy (non-hydrogen) atoms. The fourth-order valence-electron chi connectivity index (χ4n) is 1.44. The SMILES string of the molecule is CCC(NC(=O)c1ccoc1Cl)C(C)C. The summed E-state index contributed by atoms with van der Waals surface area (Å²) in [6, 6.07) is 1.74. The van der Waals surface area contributed by atoms with Gasteiger partial charge in [0.05, 0.1) is 11.8 Å². The van der Waals surface area contributed by atoms with E-state index in [-0.39, 0.29) is 17.2 Å². The summed E-state index contributed by atoms with van der Waals surface area (Å²) in [4.78, 5) is 11.7. The highest BCUT2D eigenvalue weighted by Gasteiger charge is 2.18. The van der Waals surface area contributed by atoms with Crippen molar-refractivity contribution in [3.05, 3.63) is 23.1 Å². The smallest absolute Gasteiger partial charge is 0.256 e. The van der Waals surface area contributed by atoms with Gasteiger partial charge >= 0.3 is 0 Å². The molecule has 3 nitrogen and oxygen atoms in total. The average molecular weight is 230 g/mol. The van der Waals surface area contributed by atoms with Crippen molar-refractivity contribution < 1.29 is 9.21 Å². The molecule has 0 bridgehead atoms. The molecular formula is C11H16ClNO2. The number of carbonyl (C=O) groups is 1. The minimum Gasteiger partial charge on any atom is -0.452 e. The van der Waals surface area contributed by atoms with Crippen molar-refractivity contribution in [1.29, 1.82) is 0 Å². The molecule has 0 aliphatic carbocycles. The monoisotopic (exact) mass is 229 g/mol. The zero-order valence-corrected chi connectivity index (χ0v) is 9.97. The Morgan fingerprint density at radius 1 is 1.60 bits per heavy atom. The Labute approximate surface area is 94.8 Å². The summed E-state index contributed by atoms with van der Waals surface area (Å²) in [5.41, 5.74) is 0.399. The Morgan fingerprint density at radius 3 is 2.67 bits per heavy atom. The molecule has 0 saturated carbocycles. The Kier molecular flexibility index (Phi) is 4.21. The van der Waals surface area contributed by atoms with Crippen molar-refractivity contribution in [1.82, 2.24) is 5.32 Å². The summed E-state index contributed by atoms with van der Waals surface area (Å²) in [5, 5.41) is 3.07. The average Bonchev–Trinajstić information content (AvgIpc) is 2.60. The van der Waals surface area contributed by atoms with Gasteiger partial charge in [-0.2, -0.15) is 0 Å². The largest absolute Gasteiger partial charge is 0.452 e. The number of furan rings is 1. The van der Waals surface area contributed by atoms with E-state index in [1.165, 1.54) is 6.26 Å². The van der Waals surface area contributed by atoms with E-state index in [1.54, 1.807) is 6.07 Å². The van der Waals surface area contributed by atoms with Crippen molar-refractivity contribution in [2.75, 3.05) is 0 Å². The quantitative estimate of drug-likeness (QED) is 0.862. The van der Waals surface area contributed by atoms with Crippen LogP contribution in [0.1, 0.15) is 37.6 Å². The van der Waals surface area contributed by atoms with Gasteiger partial charge in [0.1, 0.15) is 0 Å². The predicted molar refractivity (Wildman–Crippen MR) is 60.1 cm³/mol. The molecular weight excluding hydrogens is 214 g/mol. The molecule has 84 valence electrons. The van der Waals surface area contributed by atoms with E-state index >= 15 is 0 Å². The summed E-state index contributed by atoms with van der Waals surface area (Å²) in [7, 11) is 0. The summed E-state index contributed by atoms with van der Waals surface area (Å²) in [6.45, 7) is 6.19. The van der Waals surface area contributed by atoms with Gasteiger partial charge in [0.25, 0.3) is 5.91 Å². The van der Waals surface area contributed by atoms with Crippen LogP contribution in [0.2, 0.25) is 5.22 Å². The van der Waals surface area contributed by atoms with Crippen LogP contribution in [0.15, 0.2) is 16.7 Å². The van der Waals surface area contributed by atoms with E-state index in [0.717, 1.165) is 6.42 Å². The van der Waals surface area contributed by atoms with Gasteiger partial charge in [-0.15, -0.1) is 0 Å². The first-order valence-corrected chi connectivity index (χ1v) is 5.47. The van der Waals surface area contributed by atoms with Crippen molar-refractivity contribution in [2.45, 2.75) is 33.2 Å². The van der Waals surface area contributed by atoms with Gasteiger partial charge in [-0.05, 0) is 30.0 Å². The van der Waals surface area contributed by atoms with E-state index in [1.807, 2.05) is 6.92 Å². The molecule has 0 saturated heterocycles. The Hall–Kier alpha value is -0.960. The van der Waals surface area contributed by atoms with Gasteiger partial charge in [0.2, 0.25) is 5.22 Å². The van der Waals surface area contributed by atoms with Crippen LogP contribution in [0.5, 0.6) is 0 Å². The number of rotatable bonds is 4. The highest BCUT2D eigenvalue weighted by molar-refractivity contribution is 6.32. The Morgan fingerprint density at radius 2 is 2.27 bits per heavy atom. The lowest BCUT2D eigenvalue weighted by molar-refractivity contribution is 0.0924. The fourth-order valence-corrected chi connectivity index (χ4v) is 1.64. The van der Waals surface area contributed by atoms with Gasteiger partial charge in [0.15, 0.2) is 0 Å². The van der Waals surface area contributed by atoms with Gasteiger partial charge in [-0.3, -0.25) is 4.79 Å². The number of carbonyl (C=O) groups excluding carboxylic acids is 1. The number of halogens is 1. The molecule has 1 aromatic rings. The first kappa shape index (κ1) is 12.1. The molecule has 1 heterocycles. The summed E-state index contributed by atoms with van der Waals surface area (Å²) in [5.74, 6) is 0.235. The van der Waals surface area contributed by atoms with Gasteiger partial charge in [-0.25, -0.2) is 0 Å². The lowest BCUT2D eigenvalue weighted by Gasteiger charge is -2.20. The number of nitrogens with one attached hydrogen (secondary N) is 1. The Balaban J connectivity index is 2.67. The molecule has 1 aromatic heterocycles. The van der Waals surface area contributed by atoms with Crippen molar-refractivity contribution >= 4 is 17.5 Å². The van der Waals surface area contributed by atoms with Crippen LogP contribution in [-0.2, 0) is 0 Å². The third-order valence-electron chi connectivity index (χ3n) is 2.42. The van der Waals surface area contributed by atoms with E-state index in [9.17, 15) is 4.79 Å². The molecule has 0 aromatic carbocycles. The topological polar surface area (TPSA) is 42.2 Å². The minimum absolute atomic E-state index is 0.145. The highest BCUT2D eigenvalue weighted by atomic mass is 35.5.